The molecule has 4 heteroatoms. The SMILES string of the molecule is Cl.N[C@@H]1CCCN(C(=O)CCC2CCC2)C1. The van der Waals surface area contributed by atoms with Gasteiger partial charge in [-0.25, -0.2) is 0 Å². The highest BCUT2D eigenvalue weighted by molar-refractivity contribution is 5.85. The van der Waals surface area contributed by atoms with Crippen molar-refractivity contribution in [2.45, 2.75) is 51.0 Å². The summed E-state index contributed by atoms with van der Waals surface area (Å²) in [5.41, 5.74) is 5.86. The van der Waals surface area contributed by atoms with Gasteiger partial charge in [0.25, 0.3) is 0 Å². The van der Waals surface area contributed by atoms with Crippen molar-refractivity contribution < 1.29 is 4.79 Å². The van der Waals surface area contributed by atoms with Gasteiger partial charge >= 0.3 is 0 Å². The first-order chi connectivity index (χ1) is 7.25. The van der Waals surface area contributed by atoms with Crippen molar-refractivity contribution in [2.75, 3.05) is 13.1 Å². The lowest BCUT2D eigenvalue weighted by atomic mass is 9.82. The molecule has 0 unspecified atom stereocenters. The Bertz CT molecular complexity index is 231. The zero-order valence-electron chi connectivity index (χ0n) is 9.86. The highest BCUT2D eigenvalue weighted by atomic mass is 35.5. The molecular weight excluding hydrogens is 224 g/mol. The zero-order valence-corrected chi connectivity index (χ0v) is 10.7. The van der Waals surface area contributed by atoms with Crippen molar-refractivity contribution in [3.63, 3.8) is 0 Å². The molecule has 1 heterocycles. The van der Waals surface area contributed by atoms with Gasteiger partial charge in [0.15, 0.2) is 0 Å². The molecule has 1 aliphatic heterocycles. The van der Waals surface area contributed by atoms with E-state index in [4.69, 9.17) is 5.73 Å². The fraction of sp³-hybridized carbons (Fsp3) is 0.917. The van der Waals surface area contributed by atoms with Crippen LogP contribution in [0.15, 0.2) is 0 Å². The molecule has 0 bridgehead atoms. The van der Waals surface area contributed by atoms with E-state index in [0.717, 1.165) is 44.7 Å². The molecule has 1 saturated heterocycles. The van der Waals surface area contributed by atoms with Crippen molar-refractivity contribution >= 4 is 18.3 Å². The molecule has 0 aromatic heterocycles. The van der Waals surface area contributed by atoms with Crippen LogP contribution in [0, 0.1) is 5.92 Å². The quantitative estimate of drug-likeness (QED) is 0.827. The van der Waals surface area contributed by atoms with Crippen molar-refractivity contribution in [3.05, 3.63) is 0 Å². The Labute approximate surface area is 104 Å². The largest absolute Gasteiger partial charge is 0.341 e. The average molecular weight is 247 g/mol. The summed E-state index contributed by atoms with van der Waals surface area (Å²) in [4.78, 5) is 13.8. The summed E-state index contributed by atoms with van der Waals surface area (Å²) in [6, 6.07) is 0.214. The third-order valence-corrected chi connectivity index (χ3v) is 3.80. The van der Waals surface area contributed by atoms with Gasteiger partial charge in [0.2, 0.25) is 5.91 Å². The first-order valence-corrected chi connectivity index (χ1v) is 6.29. The Morgan fingerprint density at radius 1 is 1.25 bits per heavy atom. The maximum atomic E-state index is 11.9. The molecule has 2 fully saturated rings. The molecular formula is C12H23ClN2O. The molecule has 1 aliphatic carbocycles. The lowest BCUT2D eigenvalue weighted by Crippen LogP contribution is -2.45. The molecule has 1 saturated carbocycles. The van der Waals surface area contributed by atoms with Crippen LogP contribution < -0.4 is 5.73 Å². The third-order valence-electron chi connectivity index (χ3n) is 3.80. The predicted octanol–water partition coefficient (Wildman–Crippen LogP) is 1.94. The monoisotopic (exact) mass is 246 g/mol. The maximum absolute atomic E-state index is 11.9. The van der Waals surface area contributed by atoms with Crippen molar-refractivity contribution in [2.24, 2.45) is 11.7 Å². The Morgan fingerprint density at radius 3 is 2.56 bits per heavy atom. The van der Waals surface area contributed by atoms with Crippen LogP contribution in [0.5, 0.6) is 0 Å². The number of nitrogens with two attached hydrogens (primary N) is 1. The fourth-order valence-electron chi connectivity index (χ4n) is 2.50. The normalized spacial score (nSPS) is 25.8. The predicted molar refractivity (Wildman–Crippen MR) is 67.6 cm³/mol. The number of carbonyl (C=O) groups is 1. The van der Waals surface area contributed by atoms with Gasteiger partial charge in [0.1, 0.15) is 0 Å². The van der Waals surface area contributed by atoms with E-state index in [1.54, 1.807) is 0 Å². The topological polar surface area (TPSA) is 46.3 Å². The Balaban J connectivity index is 0.00000128. The van der Waals surface area contributed by atoms with Crippen LogP contribution in [0.4, 0.5) is 0 Å². The summed E-state index contributed by atoms with van der Waals surface area (Å²) in [6.45, 7) is 1.71. The number of rotatable bonds is 3. The summed E-state index contributed by atoms with van der Waals surface area (Å²) >= 11 is 0. The average Bonchev–Trinajstić information content (AvgIpc) is 2.15. The number of carbonyl (C=O) groups excluding carboxylic acids is 1. The molecule has 2 rings (SSSR count). The summed E-state index contributed by atoms with van der Waals surface area (Å²) in [5, 5.41) is 0. The number of amides is 1. The van der Waals surface area contributed by atoms with Crippen LogP contribution >= 0.6 is 12.4 Å². The fourth-order valence-corrected chi connectivity index (χ4v) is 2.50. The molecule has 2 N–H and O–H groups in total. The second kappa shape index (κ2) is 6.45. The third kappa shape index (κ3) is 3.63. The summed E-state index contributed by atoms with van der Waals surface area (Å²) in [7, 11) is 0. The first kappa shape index (κ1) is 13.8. The van der Waals surface area contributed by atoms with Crippen LogP contribution in [0.1, 0.15) is 44.9 Å². The molecule has 0 radical (unpaired) electrons. The Kier molecular flexibility index (Phi) is 5.56. The number of likely N-dealkylation sites (tertiary alicyclic amines) is 1. The van der Waals surface area contributed by atoms with Crippen molar-refractivity contribution in [1.29, 1.82) is 0 Å². The second-order valence-corrected chi connectivity index (χ2v) is 5.08. The number of nitrogens with zero attached hydrogens (tertiary/aromatic N) is 1. The molecule has 1 atom stereocenters. The van der Waals surface area contributed by atoms with Gasteiger partial charge in [-0.15, -0.1) is 12.4 Å². The molecule has 0 aromatic carbocycles. The number of hydrogen-bond acceptors (Lipinski definition) is 2. The minimum atomic E-state index is 0. The van der Waals surface area contributed by atoms with Gasteiger partial charge < -0.3 is 10.6 Å². The van der Waals surface area contributed by atoms with E-state index >= 15 is 0 Å². The van der Waals surface area contributed by atoms with Crippen LogP contribution in [0.3, 0.4) is 0 Å². The van der Waals surface area contributed by atoms with E-state index in [9.17, 15) is 4.79 Å². The molecule has 16 heavy (non-hydrogen) atoms. The number of piperidine rings is 1. The summed E-state index contributed by atoms with van der Waals surface area (Å²) < 4.78 is 0. The maximum Gasteiger partial charge on any atom is 0.222 e. The molecule has 2 aliphatic rings. The van der Waals surface area contributed by atoms with Crippen molar-refractivity contribution in [1.82, 2.24) is 4.90 Å². The van der Waals surface area contributed by atoms with Gasteiger partial charge in [0, 0.05) is 25.6 Å². The highest BCUT2D eigenvalue weighted by Gasteiger charge is 2.23. The standard InChI is InChI=1S/C12H22N2O.ClH/c13-11-5-2-8-14(9-11)12(15)7-6-10-3-1-4-10;/h10-11H,1-9,13H2;1H/t11-;/m1./s1. The van der Waals surface area contributed by atoms with E-state index in [1.807, 2.05) is 4.90 Å². The van der Waals surface area contributed by atoms with Gasteiger partial charge in [-0.3, -0.25) is 4.79 Å². The minimum absolute atomic E-state index is 0. The zero-order chi connectivity index (χ0) is 10.7. The highest BCUT2D eigenvalue weighted by Crippen LogP contribution is 2.30. The lowest BCUT2D eigenvalue weighted by Gasteiger charge is -2.32. The second-order valence-electron chi connectivity index (χ2n) is 5.08. The lowest BCUT2D eigenvalue weighted by molar-refractivity contribution is -0.132. The van der Waals surface area contributed by atoms with Crippen LogP contribution in [0.2, 0.25) is 0 Å². The molecule has 3 nitrogen and oxygen atoms in total. The summed E-state index contributed by atoms with van der Waals surface area (Å²) in [6.07, 6.45) is 8.05. The van der Waals surface area contributed by atoms with Crippen molar-refractivity contribution in [3.8, 4) is 0 Å². The Hall–Kier alpha value is -0.280. The smallest absolute Gasteiger partial charge is 0.222 e. The van der Waals surface area contributed by atoms with Gasteiger partial charge in [-0.2, -0.15) is 0 Å². The van der Waals surface area contributed by atoms with E-state index in [-0.39, 0.29) is 18.4 Å². The van der Waals surface area contributed by atoms with Gasteiger partial charge in [-0.05, 0) is 25.2 Å². The molecule has 1 amide bonds. The van der Waals surface area contributed by atoms with Crippen LogP contribution in [-0.2, 0) is 4.79 Å². The number of hydrogen-bond donors (Lipinski definition) is 1. The number of halogens is 1. The molecule has 0 spiro atoms. The molecule has 0 aromatic rings. The Morgan fingerprint density at radius 2 is 2.00 bits per heavy atom. The van der Waals surface area contributed by atoms with E-state index < -0.39 is 0 Å². The first-order valence-electron chi connectivity index (χ1n) is 6.29. The minimum Gasteiger partial charge on any atom is -0.341 e. The molecule has 94 valence electrons. The van der Waals surface area contributed by atoms with Gasteiger partial charge in [0.05, 0.1) is 0 Å². The van der Waals surface area contributed by atoms with Crippen LogP contribution in [-0.4, -0.2) is 29.9 Å². The van der Waals surface area contributed by atoms with E-state index in [2.05, 4.69) is 0 Å². The van der Waals surface area contributed by atoms with Gasteiger partial charge in [-0.1, -0.05) is 19.3 Å². The van der Waals surface area contributed by atoms with E-state index in [1.165, 1.54) is 19.3 Å². The summed E-state index contributed by atoms with van der Waals surface area (Å²) in [5.74, 6) is 1.17. The van der Waals surface area contributed by atoms with Crippen LogP contribution in [0.25, 0.3) is 0 Å². The van der Waals surface area contributed by atoms with E-state index in [0.29, 0.717) is 5.91 Å².